The van der Waals surface area contributed by atoms with Crippen molar-refractivity contribution in [3.05, 3.63) is 47.1 Å². The molecule has 6 nitrogen and oxygen atoms in total. The number of amides is 1. The summed E-state index contributed by atoms with van der Waals surface area (Å²) in [7, 11) is 4.64. The third kappa shape index (κ3) is 3.55. The lowest BCUT2D eigenvalue weighted by atomic mass is 10.1. The number of carbonyl (C=O) groups excluding carboxylic acids is 1. The van der Waals surface area contributed by atoms with Crippen molar-refractivity contribution < 1.29 is 19.0 Å². The largest absolute Gasteiger partial charge is 0.497 e. The molecule has 1 aromatic heterocycles. The van der Waals surface area contributed by atoms with Crippen LogP contribution >= 0.6 is 11.6 Å². The summed E-state index contributed by atoms with van der Waals surface area (Å²) in [5.41, 5.74) is 2.31. The Kier molecular flexibility index (Phi) is 5.23. The number of methoxy groups -OCH3 is 3. The van der Waals surface area contributed by atoms with Crippen LogP contribution in [0.25, 0.3) is 10.9 Å². The fourth-order valence-electron chi connectivity index (χ4n) is 2.76. The number of hydrogen-bond acceptors (Lipinski definition) is 4. The molecule has 0 aliphatic carbocycles. The van der Waals surface area contributed by atoms with E-state index in [1.807, 2.05) is 24.4 Å². The molecule has 2 aromatic carbocycles. The molecule has 0 saturated carbocycles. The first-order chi connectivity index (χ1) is 12.5. The Hall–Kier alpha value is -2.86. The number of rotatable bonds is 6. The average molecular weight is 375 g/mol. The Balaban J connectivity index is 1.83. The highest BCUT2D eigenvalue weighted by molar-refractivity contribution is 6.32. The van der Waals surface area contributed by atoms with Crippen LogP contribution in [0, 0.1) is 0 Å². The van der Waals surface area contributed by atoms with Crippen molar-refractivity contribution in [1.29, 1.82) is 0 Å². The molecule has 7 heteroatoms. The summed E-state index contributed by atoms with van der Waals surface area (Å²) < 4.78 is 15.7. The zero-order chi connectivity index (χ0) is 18.7. The Morgan fingerprint density at radius 3 is 2.54 bits per heavy atom. The number of benzene rings is 2. The highest BCUT2D eigenvalue weighted by atomic mass is 35.5. The molecule has 1 heterocycles. The number of anilines is 1. The third-order valence-corrected chi connectivity index (χ3v) is 4.37. The number of hydrogen-bond donors (Lipinski definition) is 2. The van der Waals surface area contributed by atoms with E-state index in [2.05, 4.69) is 10.3 Å². The molecule has 0 aliphatic heterocycles. The van der Waals surface area contributed by atoms with Crippen LogP contribution in [0.5, 0.6) is 17.2 Å². The number of aromatic amines is 1. The maximum atomic E-state index is 12.5. The summed E-state index contributed by atoms with van der Waals surface area (Å²) in [4.78, 5) is 15.7. The molecule has 0 aliphatic rings. The molecule has 0 bridgehead atoms. The van der Waals surface area contributed by atoms with Crippen LogP contribution in [0.3, 0.4) is 0 Å². The topological polar surface area (TPSA) is 72.6 Å². The average Bonchev–Trinajstić information content (AvgIpc) is 3.04. The van der Waals surface area contributed by atoms with Crippen LogP contribution in [-0.4, -0.2) is 32.2 Å². The molecule has 0 atom stereocenters. The van der Waals surface area contributed by atoms with Crippen LogP contribution in [-0.2, 0) is 11.2 Å². The summed E-state index contributed by atoms with van der Waals surface area (Å²) >= 11 is 6.09. The quantitative estimate of drug-likeness (QED) is 0.683. The van der Waals surface area contributed by atoms with Gasteiger partial charge in [0.15, 0.2) is 0 Å². The predicted molar refractivity (Wildman–Crippen MR) is 102 cm³/mol. The van der Waals surface area contributed by atoms with Crippen molar-refractivity contribution in [2.75, 3.05) is 26.6 Å². The smallest absolute Gasteiger partial charge is 0.228 e. The van der Waals surface area contributed by atoms with Gasteiger partial charge in [-0.05, 0) is 23.8 Å². The maximum Gasteiger partial charge on any atom is 0.228 e. The number of H-pyrrole nitrogens is 1. The van der Waals surface area contributed by atoms with Gasteiger partial charge in [0, 0.05) is 29.2 Å². The number of halogens is 1. The molecule has 0 fully saturated rings. The first-order valence-corrected chi connectivity index (χ1v) is 8.29. The van der Waals surface area contributed by atoms with E-state index in [1.165, 1.54) is 14.2 Å². The molecule has 26 heavy (non-hydrogen) atoms. The van der Waals surface area contributed by atoms with Crippen molar-refractivity contribution >= 4 is 34.1 Å². The van der Waals surface area contributed by atoms with Crippen LogP contribution in [0.4, 0.5) is 5.69 Å². The Bertz CT molecular complexity index is 952. The van der Waals surface area contributed by atoms with Gasteiger partial charge in [0.05, 0.1) is 38.5 Å². The van der Waals surface area contributed by atoms with Gasteiger partial charge in [-0.3, -0.25) is 4.79 Å². The van der Waals surface area contributed by atoms with E-state index in [-0.39, 0.29) is 12.3 Å². The minimum Gasteiger partial charge on any atom is -0.497 e. The summed E-state index contributed by atoms with van der Waals surface area (Å²) in [5, 5.41) is 4.20. The molecular weight excluding hydrogens is 356 g/mol. The predicted octanol–water partition coefficient (Wildman–Crippen LogP) is 4.03. The van der Waals surface area contributed by atoms with E-state index >= 15 is 0 Å². The van der Waals surface area contributed by atoms with Gasteiger partial charge in [-0.25, -0.2) is 0 Å². The first-order valence-electron chi connectivity index (χ1n) is 7.91. The number of ether oxygens (including phenoxy) is 3. The zero-order valence-corrected chi connectivity index (χ0v) is 15.4. The molecule has 0 spiro atoms. The Morgan fingerprint density at radius 2 is 1.85 bits per heavy atom. The number of nitrogens with one attached hydrogen (secondary N) is 2. The lowest BCUT2D eigenvalue weighted by molar-refractivity contribution is -0.115. The van der Waals surface area contributed by atoms with Gasteiger partial charge in [-0.1, -0.05) is 11.6 Å². The molecule has 0 radical (unpaired) electrons. The molecular formula is C19H19ClN2O4. The van der Waals surface area contributed by atoms with Crippen LogP contribution in [0.2, 0.25) is 5.02 Å². The van der Waals surface area contributed by atoms with Crippen molar-refractivity contribution in [2.24, 2.45) is 0 Å². The molecule has 1 amide bonds. The number of carbonyl (C=O) groups is 1. The SMILES string of the molecule is COc1ccc2[nH]cc(CC(=O)Nc3cc(OC)c(Cl)cc3OC)c2c1. The van der Waals surface area contributed by atoms with Gasteiger partial charge >= 0.3 is 0 Å². The molecule has 0 saturated heterocycles. The Morgan fingerprint density at radius 1 is 1.08 bits per heavy atom. The fourth-order valence-corrected chi connectivity index (χ4v) is 2.99. The lowest BCUT2D eigenvalue weighted by Gasteiger charge is -2.13. The molecule has 3 rings (SSSR count). The van der Waals surface area contributed by atoms with Gasteiger partial charge in [0.2, 0.25) is 5.91 Å². The molecule has 0 unspecified atom stereocenters. The van der Waals surface area contributed by atoms with Gasteiger partial charge < -0.3 is 24.5 Å². The number of fused-ring (bicyclic) bond motifs is 1. The summed E-state index contributed by atoms with van der Waals surface area (Å²) in [6.45, 7) is 0. The van der Waals surface area contributed by atoms with Crippen LogP contribution in [0.1, 0.15) is 5.56 Å². The molecule has 136 valence electrons. The van der Waals surface area contributed by atoms with Gasteiger partial charge in [0.25, 0.3) is 0 Å². The maximum absolute atomic E-state index is 12.5. The van der Waals surface area contributed by atoms with E-state index < -0.39 is 0 Å². The van der Waals surface area contributed by atoms with Crippen molar-refractivity contribution in [2.45, 2.75) is 6.42 Å². The second kappa shape index (κ2) is 7.58. The monoisotopic (exact) mass is 374 g/mol. The van der Waals surface area contributed by atoms with Gasteiger partial charge in [-0.15, -0.1) is 0 Å². The highest BCUT2D eigenvalue weighted by Crippen LogP contribution is 2.36. The van der Waals surface area contributed by atoms with E-state index in [0.29, 0.717) is 22.2 Å². The van der Waals surface area contributed by atoms with E-state index in [0.717, 1.165) is 22.2 Å². The van der Waals surface area contributed by atoms with Crippen molar-refractivity contribution in [3.8, 4) is 17.2 Å². The lowest BCUT2D eigenvalue weighted by Crippen LogP contribution is -2.15. The van der Waals surface area contributed by atoms with Gasteiger partial charge in [-0.2, -0.15) is 0 Å². The minimum atomic E-state index is -0.184. The Labute approximate surface area is 156 Å². The minimum absolute atomic E-state index is 0.184. The van der Waals surface area contributed by atoms with Crippen molar-refractivity contribution in [1.82, 2.24) is 4.98 Å². The summed E-state index contributed by atoms with van der Waals surface area (Å²) in [6, 6.07) is 8.93. The first kappa shape index (κ1) is 17.9. The van der Waals surface area contributed by atoms with Crippen molar-refractivity contribution in [3.63, 3.8) is 0 Å². The van der Waals surface area contributed by atoms with Gasteiger partial charge in [0.1, 0.15) is 17.2 Å². The fraction of sp³-hybridized carbons (Fsp3) is 0.211. The molecule has 2 N–H and O–H groups in total. The standard InChI is InChI=1S/C19H19ClN2O4/c1-24-12-4-5-15-13(7-12)11(10-21-15)6-19(23)22-16-9-17(25-2)14(20)8-18(16)26-3/h4-5,7-10,21H,6H2,1-3H3,(H,22,23). The summed E-state index contributed by atoms with van der Waals surface area (Å²) in [6.07, 6.45) is 2.02. The van der Waals surface area contributed by atoms with Crippen LogP contribution in [0.15, 0.2) is 36.5 Å². The third-order valence-electron chi connectivity index (χ3n) is 4.07. The normalized spacial score (nSPS) is 10.6. The van der Waals surface area contributed by atoms with E-state index in [9.17, 15) is 4.79 Å². The molecule has 3 aromatic rings. The second-order valence-corrected chi connectivity index (χ2v) is 6.04. The zero-order valence-electron chi connectivity index (χ0n) is 14.7. The highest BCUT2D eigenvalue weighted by Gasteiger charge is 2.14. The second-order valence-electron chi connectivity index (χ2n) is 5.64. The van der Waals surface area contributed by atoms with E-state index in [4.69, 9.17) is 25.8 Å². The van der Waals surface area contributed by atoms with E-state index in [1.54, 1.807) is 19.2 Å². The number of aromatic nitrogens is 1. The summed E-state index contributed by atoms with van der Waals surface area (Å²) in [5.74, 6) is 1.48. The van der Waals surface area contributed by atoms with Crippen LogP contribution < -0.4 is 19.5 Å².